The molecule has 10 heteroatoms. The molecule has 10 nitrogen and oxygen atoms in total. The van der Waals surface area contributed by atoms with Crippen LogP contribution in [-0.2, 0) is 4.79 Å². The third-order valence-corrected chi connectivity index (χ3v) is 4.96. The topological polar surface area (TPSA) is 120 Å². The van der Waals surface area contributed by atoms with Gasteiger partial charge in [-0.15, -0.1) is 0 Å². The summed E-state index contributed by atoms with van der Waals surface area (Å²) < 4.78 is 1.54. The maximum absolute atomic E-state index is 12.7. The number of anilines is 1. The Morgan fingerprint density at radius 2 is 1.84 bits per heavy atom. The molecule has 1 fully saturated rings. The molecular weight excluding hydrogens is 396 g/mol. The molecule has 1 aromatic carbocycles. The van der Waals surface area contributed by atoms with E-state index in [2.05, 4.69) is 26.5 Å². The molecule has 2 aromatic heterocycles. The van der Waals surface area contributed by atoms with Gasteiger partial charge in [0.25, 0.3) is 5.91 Å². The second kappa shape index (κ2) is 9.15. The van der Waals surface area contributed by atoms with Crippen molar-refractivity contribution in [2.45, 2.75) is 0 Å². The van der Waals surface area contributed by atoms with Gasteiger partial charge in [0.1, 0.15) is 17.3 Å². The Balaban J connectivity index is 1.36. The zero-order valence-electron chi connectivity index (χ0n) is 16.7. The van der Waals surface area contributed by atoms with Crippen LogP contribution in [0, 0.1) is 11.3 Å². The first-order valence-electron chi connectivity index (χ1n) is 9.77. The number of nitriles is 1. The average Bonchev–Trinajstić information content (AvgIpc) is 3.22. The number of aromatic nitrogens is 4. The van der Waals surface area contributed by atoms with Crippen LogP contribution in [0.4, 0.5) is 5.82 Å². The summed E-state index contributed by atoms with van der Waals surface area (Å²) in [6.45, 7) is 2.26. The molecule has 0 saturated carbocycles. The number of carbonyl (C=O) groups is 2. The molecule has 0 bridgehead atoms. The number of piperazine rings is 1. The number of hydrogen-bond acceptors (Lipinski definition) is 7. The highest BCUT2D eigenvalue weighted by Crippen LogP contribution is 2.19. The number of nitrogens with zero attached hydrogens (tertiary/aromatic N) is 7. The lowest BCUT2D eigenvalue weighted by Gasteiger charge is -2.34. The zero-order valence-corrected chi connectivity index (χ0v) is 16.7. The van der Waals surface area contributed by atoms with Crippen LogP contribution in [-0.4, -0.2) is 74.1 Å². The average molecular weight is 416 g/mol. The summed E-state index contributed by atoms with van der Waals surface area (Å²) in [7, 11) is 0. The van der Waals surface area contributed by atoms with Crippen LogP contribution < -0.4 is 5.32 Å². The van der Waals surface area contributed by atoms with Crippen LogP contribution in [0.25, 0.3) is 5.69 Å². The fourth-order valence-corrected chi connectivity index (χ4v) is 3.37. The number of amides is 2. The van der Waals surface area contributed by atoms with Gasteiger partial charge >= 0.3 is 0 Å². The lowest BCUT2D eigenvalue weighted by Crippen LogP contribution is -2.50. The van der Waals surface area contributed by atoms with E-state index in [1.54, 1.807) is 4.90 Å². The van der Waals surface area contributed by atoms with Crippen molar-refractivity contribution in [3.63, 3.8) is 0 Å². The monoisotopic (exact) mass is 416 g/mol. The van der Waals surface area contributed by atoms with Crippen molar-refractivity contribution in [3.05, 3.63) is 66.4 Å². The van der Waals surface area contributed by atoms with Crippen LogP contribution in [0.15, 0.2) is 55.1 Å². The van der Waals surface area contributed by atoms with Crippen LogP contribution >= 0.6 is 0 Å². The van der Waals surface area contributed by atoms with Crippen LogP contribution in [0.3, 0.4) is 0 Å². The second-order valence-corrected chi connectivity index (χ2v) is 6.97. The van der Waals surface area contributed by atoms with Crippen LogP contribution in [0.5, 0.6) is 0 Å². The molecule has 1 aliphatic rings. The van der Waals surface area contributed by atoms with Gasteiger partial charge in [-0.05, 0) is 12.1 Å². The molecule has 1 saturated heterocycles. The van der Waals surface area contributed by atoms with Crippen molar-refractivity contribution in [2.24, 2.45) is 0 Å². The van der Waals surface area contributed by atoms with Gasteiger partial charge in [-0.3, -0.25) is 19.5 Å². The van der Waals surface area contributed by atoms with Crippen molar-refractivity contribution in [2.75, 3.05) is 38.0 Å². The summed E-state index contributed by atoms with van der Waals surface area (Å²) in [6.07, 6.45) is 5.89. The molecule has 4 rings (SSSR count). The molecule has 0 unspecified atom stereocenters. The Kier molecular flexibility index (Phi) is 5.96. The molecule has 0 atom stereocenters. The Morgan fingerprint density at radius 1 is 1.06 bits per heavy atom. The molecule has 2 amide bonds. The molecule has 156 valence electrons. The van der Waals surface area contributed by atoms with Crippen molar-refractivity contribution in [3.8, 4) is 11.8 Å². The minimum atomic E-state index is -0.247. The standard InChI is InChI=1S/C21H20N8O2/c22-12-16-13-25-29(17-4-2-1-3-5-17)20(16)26-19(30)15-27-8-10-28(11-9-27)21(31)18-14-23-6-7-24-18/h1-7,13-14H,8-11,15H2,(H,26,30). The maximum atomic E-state index is 12.7. The summed E-state index contributed by atoms with van der Waals surface area (Å²) >= 11 is 0. The fraction of sp³-hybridized carbons (Fsp3) is 0.238. The van der Waals surface area contributed by atoms with Gasteiger partial charge in [0.2, 0.25) is 5.91 Å². The van der Waals surface area contributed by atoms with E-state index in [-0.39, 0.29) is 23.9 Å². The van der Waals surface area contributed by atoms with E-state index >= 15 is 0 Å². The highest BCUT2D eigenvalue weighted by molar-refractivity contribution is 5.93. The number of benzene rings is 1. The molecule has 3 aromatic rings. The second-order valence-electron chi connectivity index (χ2n) is 6.97. The highest BCUT2D eigenvalue weighted by Gasteiger charge is 2.25. The number of para-hydroxylation sites is 1. The third kappa shape index (κ3) is 4.57. The third-order valence-electron chi connectivity index (χ3n) is 4.96. The number of rotatable bonds is 5. The highest BCUT2D eigenvalue weighted by atomic mass is 16.2. The summed E-state index contributed by atoms with van der Waals surface area (Å²) in [5.41, 5.74) is 1.35. The lowest BCUT2D eigenvalue weighted by molar-refractivity contribution is -0.117. The molecule has 0 spiro atoms. The quantitative estimate of drug-likeness (QED) is 0.657. The fourth-order valence-electron chi connectivity index (χ4n) is 3.37. The van der Waals surface area contributed by atoms with E-state index in [9.17, 15) is 14.9 Å². The van der Waals surface area contributed by atoms with E-state index in [0.29, 0.717) is 37.7 Å². The van der Waals surface area contributed by atoms with E-state index in [0.717, 1.165) is 5.69 Å². The molecule has 0 radical (unpaired) electrons. The lowest BCUT2D eigenvalue weighted by atomic mass is 10.2. The SMILES string of the molecule is N#Cc1cnn(-c2ccccc2)c1NC(=O)CN1CCN(C(=O)c2cnccn2)CC1. The summed E-state index contributed by atoms with van der Waals surface area (Å²) in [5.74, 6) is -0.0688. The molecule has 1 aliphatic heterocycles. The van der Waals surface area contributed by atoms with E-state index in [1.165, 1.54) is 29.5 Å². The first kappa shape index (κ1) is 20.2. The molecular formula is C21H20N8O2. The Hall–Kier alpha value is -4.10. The van der Waals surface area contributed by atoms with Gasteiger partial charge in [-0.1, -0.05) is 18.2 Å². The Morgan fingerprint density at radius 3 is 2.52 bits per heavy atom. The summed E-state index contributed by atoms with van der Waals surface area (Å²) in [5, 5.41) is 16.4. The molecule has 1 N–H and O–H groups in total. The Labute approximate surface area is 178 Å². The summed E-state index contributed by atoms with van der Waals surface area (Å²) in [4.78, 5) is 36.8. The molecule has 3 heterocycles. The van der Waals surface area contributed by atoms with E-state index in [4.69, 9.17) is 0 Å². The predicted octanol–water partition coefficient (Wildman–Crippen LogP) is 0.930. The normalized spacial score (nSPS) is 14.1. The maximum Gasteiger partial charge on any atom is 0.274 e. The van der Waals surface area contributed by atoms with Gasteiger partial charge in [0.05, 0.1) is 24.6 Å². The van der Waals surface area contributed by atoms with Crippen molar-refractivity contribution in [1.82, 2.24) is 29.5 Å². The smallest absolute Gasteiger partial charge is 0.274 e. The number of hydrogen-bond donors (Lipinski definition) is 1. The zero-order chi connectivity index (χ0) is 21.6. The summed E-state index contributed by atoms with van der Waals surface area (Å²) in [6, 6.07) is 11.3. The van der Waals surface area contributed by atoms with Gasteiger partial charge in [-0.25, -0.2) is 9.67 Å². The van der Waals surface area contributed by atoms with Gasteiger partial charge in [-0.2, -0.15) is 10.4 Å². The van der Waals surface area contributed by atoms with Crippen molar-refractivity contribution >= 4 is 17.6 Å². The first-order chi connectivity index (χ1) is 15.2. The van der Waals surface area contributed by atoms with E-state index < -0.39 is 0 Å². The number of nitrogens with one attached hydrogen (secondary N) is 1. The first-order valence-corrected chi connectivity index (χ1v) is 9.77. The van der Waals surface area contributed by atoms with Crippen LogP contribution in [0.1, 0.15) is 16.1 Å². The van der Waals surface area contributed by atoms with Gasteiger partial charge < -0.3 is 10.2 Å². The van der Waals surface area contributed by atoms with E-state index in [1.807, 2.05) is 35.2 Å². The number of carbonyl (C=O) groups excluding carboxylic acids is 2. The predicted molar refractivity (Wildman–Crippen MR) is 111 cm³/mol. The molecule has 31 heavy (non-hydrogen) atoms. The van der Waals surface area contributed by atoms with Gasteiger partial charge in [0, 0.05) is 38.6 Å². The molecule has 0 aliphatic carbocycles. The minimum absolute atomic E-state index is 0.151. The van der Waals surface area contributed by atoms with Gasteiger partial charge in [0.15, 0.2) is 5.82 Å². The Bertz CT molecular complexity index is 1100. The van der Waals surface area contributed by atoms with Crippen LogP contribution in [0.2, 0.25) is 0 Å². The minimum Gasteiger partial charge on any atom is -0.335 e. The van der Waals surface area contributed by atoms with Crippen molar-refractivity contribution in [1.29, 1.82) is 5.26 Å². The van der Waals surface area contributed by atoms with Crippen molar-refractivity contribution < 1.29 is 9.59 Å². The largest absolute Gasteiger partial charge is 0.335 e.